The van der Waals surface area contributed by atoms with Gasteiger partial charge in [-0.3, -0.25) is 9.78 Å². The number of carbonyl (C=O) groups excluding carboxylic acids is 1. The zero-order valence-electron chi connectivity index (χ0n) is 12.5. The smallest absolute Gasteiger partial charge is 0.251 e. The zero-order chi connectivity index (χ0) is 16.7. The summed E-state index contributed by atoms with van der Waals surface area (Å²) in [6.45, 7) is 0.429. The van der Waals surface area contributed by atoms with Crippen LogP contribution in [0.5, 0.6) is 0 Å². The van der Waals surface area contributed by atoms with Crippen LogP contribution in [-0.4, -0.2) is 10.9 Å². The number of benzene rings is 2. The van der Waals surface area contributed by atoms with E-state index in [1.807, 2.05) is 18.2 Å². The molecule has 118 valence electrons. The monoisotopic (exact) mass is 322 g/mol. The second kappa shape index (κ2) is 5.53. The summed E-state index contributed by atoms with van der Waals surface area (Å²) in [5.74, 6) is -1.48. The van der Waals surface area contributed by atoms with Gasteiger partial charge in [0.2, 0.25) is 0 Å². The van der Waals surface area contributed by atoms with Gasteiger partial charge in [-0.2, -0.15) is 0 Å². The number of amides is 1. The molecule has 0 fully saturated rings. The Morgan fingerprint density at radius 3 is 2.38 bits per heavy atom. The predicted octanol–water partition coefficient (Wildman–Crippen LogP) is 3.94. The Labute approximate surface area is 137 Å². The second-order valence-electron chi connectivity index (χ2n) is 5.59. The van der Waals surface area contributed by atoms with Crippen molar-refractivity contribution in [1.82, 2.24) is 10.3 Å². The maximum Gasteiger partial charge on any atom is 0.251 e. The van der Waals surface area contributed by atoms with Gasteiger partial charge in [-0.05, 0) is 58.7 Å². The molecule has 2 heterocycles. The van der Waals surface area contributed by atoms with Crippen LogP contribution >= 0.6 is 0 Å². The average Bonchev–Trinajstić information content (AvgIpc) is 2.96. The first kappa shape index (κ1) is 14.5. The molecule has 4 rings (SSSR count). The maximum absolute atomic E-state index is 14.2. The molecule has 1 N–H and O–H groups in total. The van der Waals surface area contributed by atoms with Gasteiger partial charge >= 0.3 is 0 Å². The molecule has 0 saturated carbocycles. The van der Waals surface area contributed by atoms with Crippen molar-refractivity contribution < 1.29 is 13.6 Å². The van der Waals surface area contributed by atoms with Crippen molar-refractivity contribution in [3.05, 3.63) is 77.6 Å². The normalized spacial score (nSPS) is 12.8. The Kier molecular flexibility index (Phi) is 3.34. The summed E-state index contributed by atoms with van der Waals surface area (Å²) < 4.78 is 27.3. The molecule has 0 atom stereocenters. The summed E-state index contributed by atoms with van der Waals surface area (Å²) in [6.07, 6.45) is 3.33. The van der Waals surface area contributed by atoms with Crippen LogP contribution in [0.2, 0.25) is 0 Å². The number of carbonyl (C=O) groups is 1. The topological polar surface area (TPSA) is 42.0 Å². The highest BCUT2D eigenvalue weighted by atomic mass is 19.1. The van der Waals surface area contributed by atoms with E-state index >= 15 is 0 Å². The Hall–Kier alpha value is -3.08. The van der Waals surface area contributed by atoms with Crippen LogP contribution in [0.25, 0.3) is 22.3 Å². The van der Waals surface area contributed by atoms with Crippen LogP contribution in [0.15, 0.2) is 54.9 Å². The molecular formula is C19H12F2N2O. The largest absolute Gasteiger partial charge is 0.348 e. The molecule has 0 aliphatic carbocycles. The molecule has 0 unspecified atom stereocenters. The number of nitrogens with one attached hydrogen (secondary N) is 1. The fraction of sp³-hybridized carbons (Fsp3) is 0.0526. The number of pyridine rings is 1. The number of hydrogen-bond acceptors (Lipinski definition) is 2. The Morgan fingerprint density at radius 2 is 1.62 bits per heavy atom. The van der Waals surface area contributed by atoms with Gasteiger partial charge in [-0.15, -0.1) is 0 Å². The highest BCUT2D eigenvalue weighted by molar-refractivity contribution is 6.02. The van der Waals surface area contributed by atoms with Gasteiger partial charge in [0.1, 0.15) is 11.6 Å². The van der Waals surface area contributed by atoms with E-state index in [1.165, 1.54) is 12.1 Å². The molecule has 1 amide bonds. The third kappa shape index (κ3) is 2.34. The Balaban J connectivity index is 1.97. The van der Waals surface area contributed by atoms with Gasteiger partial charge in [-0.1, -0.05) is 0 Å². The quantitative estimate of drug-likeness (QED) is 0.776. The molecule has 1 aromatic heterocycles. The lowest BCUT2D eigenvalue weighted by atomic mass is 9.92. The van der Waals surface area contributed by atoms with Gasteiger partial charge < -0.3 is 5.32 Å². The summed E-state index contributed by atoms with van der Waals surface area (Å²) in [7, 11) is 0. The van der Waals surface area contributed by atoms with Crippen molar-refractivity contribution >= 4 is 5.91 Å². The van der Waals surface area contributed by atoms with Crippen LogP contribution < -0.4 is 5.32 Å². The first-order valence-corrected chi connectivity index (χ1v) is 7.44. The summed E-state index contributed by atoms with van der Waals surface area (Å²) in [5.41, 5.74) is 3.92. The molecule has 1 aliphatic heterocycles. The van der Waals surface area contributed by atoms with Gasteiger partial charge in [-0.25, -0.2) is 8.78 Å². The number of nitrogens with zero attached hydrogens (tertiary/aromatic N) is 1. The van der Waals surface area contributed by atoms with E-state index in [9.17, 15) is 13.6 Å². The minimum absolute atomic E-state index is 0.190. The van der Waals surface area contributed by atoms with E-state index in [0.29, 0.717) is 17.7 Å². The van der Waals surface area contributed by atoms with E-state index in [1.54, 1.807) is 18.5 Å². The van der Waals surface area contributed by atoms with E-state index in [0.717, 1.165) is 22.8 Å². The van der Waals surface area contributed by atoms with E-state index in [-0.39, 0.29) is 11.5 Å². The Morgan fingerprint density at radius 1 is 0.875 bits per heavy atom. The lowest BCUT2D eigenvalue weighted by molar-refractivity contribution is 0.0966. The fourth-order valence-corrected chi connectivity index (χ4v) is 3.00. The summed E-state index contributed by atoms with van der Waals surface area (Å²) in [5, 5.41) is 2.79. The van der Waals surface area contributed by atoms with Crippen molar-refractivity contribution in [3.8, 4) is 22.3 Å². The van der Waals surface area contributed by atoms with Crippen LogP contribution in [-0.2, 0) is 6.54 Å². The third-order valence-electron chi connectivity index (χ3n) is 4.15. The minimum Gasteiger partial charge on any atom is -0.348 e. The molecular weight excluding hydrogens is 310 g/mol. The van der Waals surface area contributed by atoms with Crippen molar-refractivity contribution in [2.24, 2.45) is 0 Å². The molecule has 0 radical (unpaired) electrons. The maximum atomic E-state index is 14.2. The molecule has 0 bridgehead atoms. The third-order valence-corrected chi connectivity index (χ3v) is 4.15. The fourth-order valence-electron chi connectivity index (χ4n) is 3.00. The molecule has 5 heteroatoms. The summed E-state index contributed by atoms with van der Waals surface area (Å²) in [6, 6.07) is 10.6. The standard InChI is InChI=1S/C19H12F2N2O/c20-13-1-2-14(18(21)9-13)12-7-15(11-3-5-22-6-4-11)17-10-23-19(24)16(17)8-12/h1-9H,10H2,(H,23,24). The predicted molar refractivity (Wildman–Crippen MR) is 86.2 cm³/mol. The molecule has 24 heavy (non-hydrogen) atoms. The lowest BCUT2D eigenvalue weighted by Crippen LogP contribution is -2.12. The van der Waals surface area contributed by atoms with Crippen molar-refractivity contribution in [2.45, 2.75) is 6.54 Å². The van der Waals surface area contributed by atoms with Crippen LogP contribution in [0, 0.1) is 11.6 Å². The van der Waals surface area contributed by atoms with Gasteiger partial charge in [0.15, 0.2) is 0 Å². The van der Waals surface area contributed by atoms with E-state index < -0.39 is 11.6 Å². The van der Waals surface area contributed by atoms with Gasteiger partial charge in [0, 0.05) is 36.1 Å². The highest BCUT2D eigenvalue weighted by Crippen LogP contribution is 2.35. The number of aromatic nitrogens is 1. The molecule has 2 aromatic carbocycles. The SMILES string of the molecule is O=C1NCc2c1cc(-c1ccc(F)cc1F)cc2-c1ccncc1. The number of fused-ring (bicyclic) bond motifs is 1. The molecule has 3 nitrogen and oxygen atoms in total. The van der Waals surface area contributed by atoms with Crippen molar-refractivity contribution in [3.63, 3.8) is 0 Å². The van der Waals surface area contributed by atoms with Gasteiger partial charge in [0.25, 0.3) is 5.91 Å². The number of halogens is 2. The summed E-state index contributed by atoms with van der Waals surface area (Å²) in [4.78, 5) is 16.1. The Bertz CT molecular complexity index is 955. The van der Waals surface area contributed by atoms with Crippen LogP contribution in [0.1, 0.15) is 15.9 Å². The lowest BCUT2D eigenvalue weighted by Gasteiger charge is -2.12. The van der Waals surface area contributed by atoms with Crippen molar-refractivity contribution in [2.75, 3.05) is 0 Å². The zero-order valence-corrected chi connectivity index (χ0v) is 12.5. The number of rotatable bonds is 2. The molecule has 0 saturated heterocycles. The molecule has 1 aliphatic rings. The highest BCUT2D eigenvalue weighted by Gasteiger charge is 2.24. The van der Waals surface area contributed by atoms with Gasteiger partial charge in [0.05, 0.1) is 0 Å². The first-order valence-electron chi connectivity index (χ1n) is 7.44. The molecule has 3 aromatic rings. The van der Waals surface area contributed by atoms with Crippen LogP contribution in [0.3, 0.4) is 0 Å². The summed E-state index contributed by atoms with van der Waals surface area (Å²) >= 11 is 0. The van der Waals surface area contributed by atoms with E-state index in [2.05, 4.69) is 10.3 Å². The van der Waals surface area contributed by atoms with Crippen molar-refractivity contribution in [1.29, 1.82) is 0 Å². The number of hydrogen-bond donors (Lipinski definition) is 1. The van der Waals surface area contributed by atoms with Crippen LogP contribution in [0.4, 0.5) is 8.78 Å². The first-order chi connectivity index (χ1) is 11.6. The van der Waals surface area contributed by atoms with E-state index in [4.69, 9.17) is 0 Å². The average molecular weight is 322 g/mol. The minimum atomic E-state index is -0.658. The second-order valence-corrected chi connectivity index (χ2v) is 5.59. The molecule has 0 spiro atoms.